The van der Waals surface area contributed by atoms with Gasteiger partial charge in [-0.05, 0) is 50.4 Å². The summed E-state index contributed by atoms with van der Waals surface area (Å²) in [5.41, 5.74) is 4.17. The molecule has 9 heteroatoms. The second kappa shape index (κ2) is 8.95. The van der Waals surface area contributed by atoms with Gasteiger partial charge >= 0.3 is 5.97 Å². The van der Waals surface area contributed by atoms with Crippen LogP contribution in [0.2, 0.25) is 0 Å². The molecule has 0 bridgehead atoms. The zero-order chi connectivity index (χ0) is 21.9. The maximum Gasteiger partial charge on any atom is 0.321 e. The molecule has 2 aromatic heterocycles. The minimum Gasteiger partial charge on any atom is -0.456 e. The van der Waals surface area contributed by atoms with Crippen LogP contribution in [0.3, 0.4) is 0 Å². The Hall–Kier alpha value is -2.75. The highest BCUT2D eigenvalue weighted by Gasteiger charge is 2.20. The Kier molecular flexibility index (Phi) is 6.55. The van der Waals surface area contributed by atoms with Gasteiger partial charge in [0, 0.05) is 22.6 Å². The number of hydrogen-bond donors (Lipinski definition) is 1. The molecule has 3 aromatic rings. The van der Waals surface area contributed by atoms with Crippen LogP contribution in [-0.4, -0.2) is 37.9 Å². The van der Waals surface area contributed by atoms with Gasteiger partial charge in [-0.2, -0.15) is 4.72 Å². The van der Waals surface area contributed by atoms with Crippen LogP contribution in [0.5, 0.6) is 0 Å². The summed E-state index contributed by atoms with van der Waals surface area (Å²) in [5.74, 6) is -1.17. The molecule has 0 aliphatic heterocycles. The summed E-state index contributed by atoms with van der Waals surface area (Å²) in [6, 6.07) is 12.7. The van der Waals surface area contributed by atoms with Gasteiger partial charge in [-0.15, -0.1) is 11.3 Å². The molecule has 0 saturated heterocycles. The number of esters is 1. The quantitative estimate of drug-likeness (QED) is 0.424. The number of aromatic nitrogens is 1. The van der Waals surface area contributed by atoms with Crippen molar-refractivity contribution in [1.82, 2.24) is 9.29 Å². The number of nitrogens with one attached hydrogen (secondary N) is 1. The second-order valence-electron chi connectivity index (χ2n) is 6.80. The van der Waals surface area contributed by atoms with Crippen LogP contribution in [0.15, 0.2) is 52.1 Å². The SMILES string of the molecule is Cc1ccc(-n2c(C)cc(C(=O)COC(=O)CNS(=O)(=O)c3cccs3)c2C)cc1. The molecule has 2 heterocycles. The van der Waals surface area contributed by atoms with E-state index in [-0.39, 0.29) is 9.99 Å². The fraction of sp³-hybridized carbons (Fsp3) is 0.238. The van der Waals surface area contributed by atoms with Crippen molar-refractivity contribution in [2.24, 2.45) is 0 Å². The van der Waals surface area contributed by atoms with E-state index >= 15 is 0 Å². The van der Waals surface area contributed by atoms with Crippen molar-refractivity contribution >= 4 is 33.1 Å². The number of ether oxygens (including phenoxy) is 1. The highest BCUT2D eigenvalue weighted by Crippen LogP contribution is 2.22. The summed E-state index contributed by atoms with van der Waals surface area (Å²) in [7, 11) is -3.77. The molecule has 0 spiro atoms. The number of sulfonamides is 1. The Morgan fingerprint density at radius 3 is 2.43 bits per heavy atom. The van der Waals surface area contributed by atoms with Crippen molar-refractivity contribution in [3.05, 3.63) is 70.4 Å². The summed E-state index contributed by atoms with van der Waals surface area (Å²) in [6.45, 7) is 4.72. The first kappa shape index (κ1) is 21.9. The van der Waals surface area contributed by atoms with Crippen molar-refractivity contribution in [2.75, 3.05) is 13.2 Å². The Morgan fingerprint density at radius 2 is 1.80 bits per heavy atom. The Bertz CT molecular complexity index is 1160. The van der Waals surface area contributed by atoms with Gasteiger partial charge in [0.2, 0.25) is 5.78 Å². The predicted molar refractivity (Wildman–Crippen MR) is 115 cm³/mol. The number of carbonyl (C=O) groups is 2. The number of nitrogens with zero attached hydrogens (tertiary/aromatic N) is 1. The lowest BCUT2D eigenvalue weighted by Crippen LogP contribution is -2.31. The molecule has 0 saturated carbocycles. The number of Topliss-reactive ketones (excluding diaryl/α,β-unsaturated/α-hetero) is 1. The third-order valence-corrected chi connectivity index (χ3v) is 7.35. The summed E-state index contributed by atoms with van der Waals surface area (Å²) in [5, 5.41) is 1.62. The summed E-state index contributed by atoms with van der Waals surface area (Å²) >= 11 is 1.04. The fourth-order valence-electron chi connectivity index (χ4n) is 3.05. The van der Waals surface area contributed by atoms with Gasteiger partial charge in [0.15, 0.2) is 6.61 Å². The Labute approximate surface area is 179 Å². The molecule has 3 rings (SSSR count). The van der Waals surface area contributed by atoms with Gasteiger partial charge in [0.1, 0.15) is 10.8 Å². The van der Waals surface area contributed by atoms with Crippen molar-refractivity contribution in [2.45, 2.75) is 25.0 Å². The highest BCUT2D eigenvalue weighted by atomic mass is 32.2. The monoisotopic (exact) mass is 446 g/mol. The average molecular weight is 447 g/mol. The standard InChI is InChI=1S/C21H22N2O5S2/c1-14-6-8-17(9-7-14)23-15(2)11-18(16(23)3)19(24)13-28-20(25)12-22-30(26,27)21-5-4-10-29-21/h4-11,22H,12-13H2,1-3H3. The van der Waals surface area contributed by atoms with E-state index in [1.807, 2.05) is 49.6 Å². The number of ketones is 1. The van der Waals surface area contributed by atoms with Gasteiger partial charge in [-0.3, -0.25) is 9.59 Å². The van der Waals surface area contributed by atoms with Crippen LogP contribution >= 0.6 is 11.3 Å². The van der Waals surface area contributed by atoms with Crippen LogP contribution in [-0.2, 0) is 19.6 Å². The molecule has 0 unspecified atom stereocenters. The van der Waals surface area contributed by atoms with Gasteiger partial charge in [0.25, 0.3) is 10.0 Å². The van der Waals surface area contributed by atoms with Crippen molar-refractivity contribution < 1.29 is 22.7 Å². The van der Waals surface area contributed by atoms with Gasteiger partial charge < -0.3 is 9.30 Å². The van der Waals surface area contributed by atoms with Gasteiger partial charge in [-0.1, -0.05) is 23.8 Å². The van der Waals surface area contributed by atoms with E-state index in [4.69, 9.17) is 4.74 Å². The highest BCUT2D eigenvalue weighted by molar-refractivity contribution is 7.91. The molecule has 0 aliphatic carbocycles. The summed E-state index contributed by atoms with van der Waals surface area (Å²) in [4.78, 5) is 24.5. The molecule has 0 radical (unpaired) electrons. The molecule has 0 aliphatic rings. The lowest BCUT2D eigenvalue weighted by Gasteiger charge is -2.10. The number of carbonyl (C=O) groups excluding carboxylic acids is 2. The minimum atomic E-state index is -3.77. The van der Waals surface area contributed by atoms with Crippen LogP contribution in [0.25, 0.3) is 5.69 Å². The Morgan fingerprint density at radius 1 is 1.10 bits per heavy atom. The first-order chi connectivity index (χ1) is 14.2. The molecule has 0 atom stereocenters. The van der Waals surface area contributed by atoms with E-state index in [0.29, 0.717) is 5.56 Å². The van der Waals surface area contributed by atoms with Crippen molar-refractivity contribution in [1.29, 1.82) is 0 Å². The van der Waals surface area contributed by atoms with E-state index in [9.17, 15) is 18.0 Å². The summed E-state index contributed by atoms with van der Waals surface area (Å²) < 4.78 is 33.3. The van der Waals surface area contributed by atoms with Gasteiger partial charge in [0.05, 0.1) is 0 Å². The average Bonchev–Trinajstić information content (AvgIpc) is 3.35. The number of rotatable bonds is 8. The van der Waals surface area contributed by atoms with E-state index in [1.165, 1.54) is 6.07 Å². The molecule has 0 fully saturated rings. The molecule has 0 amide bonds. The largest absolute Gasteiger partial charge is 0.456 e. The van der Waals surface area contributed by atoms with Crippen LogP contribution in [0.4, 0.5) is 0 Å². The van der Waals surface area contributed by atoms with Crippen LogP contribution < -0.4 is 4.72 Å². The van der Waals surface area contributed by atoms with Gasteiger partial charge in [-0.25, -0.2) is 8.42 Å². The first-order valence-corrected chi connectivity index (χ1v) is 11.5. The molecule has 1 aromatic carbocycles. The van der Waals surface area contributed by atoms with Crippen LogP contribution in [0.1, 0.15) is 27.3 Å². The lowest BCUT2D eigenvalue weighted by molar-refractivity contribution is -0.141. The van der Waals surface area contributed by atoms with E-state index < -0.39 is 29.1 Å². The Balaban J connectivity index is 1.62. The molecular formula is C21H22N2O5S2. The maximum absolute atomic E-state index is 12.6. The second-order valence-corrected chi connectivity index (χ2v) is 9.74. The molecule has 158 valence electrons. The maximum atomic E-state index is 12.6. The molecule has 30 heavy (non-hydrogen) atoms. The van der Waals surface area contributed by atoms with Crippen molar-refractivity contribution in [3.8, 4) is 5.69 Å². The van der Waals surface area contributed by atoms with E-state index in [2.05, 4.69) is 4.72 Å². The minimum absolute atomic E-state index is 0.106. The van der Waals surface area contributed by atoms with E-state index in [0.717, 1.165) is 34.0 Å². The fourth-order valence-corrected chi connectivity index (χ4v) is 5.06. The smallest absolute Gasteiger partial charge is 0.321 e. The first-order valence-electron chi connectivity index (χ1n) is 9.17. The lowest BCUT2D eigenvalue weighted by atomic mass is 10.1. The number of hydrogen-bond acceptors (Lipinski definition) is 6. The van der Waals surface area contributed by atoms with Crippen LogP contribution in [0, 0.1) is 20.8 Å². The third-order valence-electron chi connectivity index (χ3n) is 4.55. The van der Waals surface area contributed by atoms with E-state index in [1.54, 1.807) is 17.5 Å². The summed E-state index contributed by atoms with van der Waals surface area (Å²) in [6.07, 6.45) is 0. The molecular weight excluding hydrogens is 424 g/mol. The number of thiophene rings is 1. The number of benzene rings is 1. The topological polar surface area (TPSA) is 94.5 Å². The third kappa shape index (κ3) is 4.86. The zero-order valence-corrected chi connectivity index (χ0v) is 18.5. The predicted octanol–water partition coefficient (Wildman–Crippen LogP) is 3.17. The number of aryl methyl sites for hydroxylation is 2. The molecule has 1 N–H and O–H groups in total. The normalized spacial score (nSPS) is 11.4. The zero-order valence-electron chi connectivity index (χ0n) is 16.8. The molecule has 7 nitrogen and oxygen atoms in total. The van der Waals surface area contributed by atoms with Crippen molar-refractivity contribution in [3.63, 3.8) is 0 Å².